The molecule has 3 aromatic rings. The molecule has 138 valence electrons. The first kappa shape index (κ1) is 18.3. The average Bonchev–Trinajstić information content (AvgIpc) is 2.70. The average molecular weight is 363 g/mol. The molecule has 0 bridgehead atoms. The topological polar surface area (TPSA) is 72.5 Å². The third-order valence-electron chi connectivity index (χ3n) is 3.80. The predicted octanol–water partition coefficient (Wildman–Crippen LogP) is 4.48. The minimum atomic E-state index is -0.310. The van der Waals surface area contributed by atoms with Crippen LogP contribution < -0.4 is 20.1 Å². The van der Waals surface area contributed by atoms with Crippen molar-refractivity contribution in [2.24, 2.45) is 0 Å². The highest BCUT2D eigenvalue weighted by molar-refractivity contribution is 6.04. The van der Waals surface area contributed by atoms with E-state index in [2.05, 4.69) is 15.6 Å². The number of carbonyl (C=O) groups is 1. The van der Waals surface area contributed by atoms with Crippen molar-refractivity contribution < 1.29 is 14.3 Å². The molecule has 0 fully saturated rings. The van der Waals surface area contributed by atoms with E-state index in [0.717, 1.165) is 17.1 Å². The van der Waals surface area contributed by atoms with Crippen LogP contribution in [0.15, 0.2) is 66.9 Å². The minimum Gasteiger partial charge on any atom is -0.495 e. The molecule has 6 nitrogen and oxygen atoms in total. The van der Waals surface area contributed by atoms with E-state index in [9.17, 15) is 4.79 Å². The molecule has 2 N–H and O–H groups in total. The maximum Gasteiger partial charge on any atom is 0.274 e. The number of hydrogen-bond acceptors (Lipinski definition) is 5. The van der Waals surface area contributed by atoms with E-state index >= 15 is 0 Å². The number of carbonyl (C=O) groups excluding carboxylic acids is 1. The first-order valence-corrected chi connectivity index (χ1v) is 8.60. The number of hydrogen-bond donors (Lipinski definition) is 2. The van der Waals surface area contributed by atoms with Crippen LogP contribution in [-0.4, -0.2) is 24.6 Å². The highest BCUT2D eigenvalue weighted by Gasteiger charge is 2.11. The summed E-state index contributed by atoms with van der Waals surface area (Å²) in [4.78, 5) is 16.7. The summed E-state index contributed by atoms with van der Waals surface area (Å²) in [5.74, 6) is 1.10. The number of rotatable bonds is 7. The molecule has 1 heterocycles. The van der Waals surface area contributed by atoms with Crippen molar-refractivity contribution in [1.29, 1.82) is 0 Å². The lowest BCUT2D eigenvalue weighted by Gasteiger charge is -2.11. The molecule has 0 aliphatic carbocycles. The van der Waals surface area contributed by atoms with E-state index in [1.54, 1.807) is 37.6 Å². The number of nitrogens with one attached hydrogen (secondary N) is 2. The Hall–Kier alpha value is -3.54. The summed E-state index contributed by atoms with van der Waals surface area (Å²) in [6.07, 6.45) is 1.59. The van der Waals surface area contributed by atoms with Gasteiger partial charge in [-0.3, -0.25) is 9.78 Å². The molecule has 27 heavy (non-hydrogen) atoms. The second-order valence-electron chi connectivity index (χ2n) is 5.67. The Kier molecular flexibility index (Phi) is 5.89. The number of amides is 1. The van der Waals surface area contributed by atoms with Crippen molar-refractivity contribution in [3.63, 3.8) is 0 Å². The van der Waals surface area contributed by atoms with Gasteiger partial charge in [0.05, 0.1) is 19.4 Å². The number of benzene rings is 2. The van der Waals surface area contributed by atoms with E-state index in [-0.39, 0.29) is 5.91 Å². The van der Waals surface area contributed by atoms with Crippen LogP contribution in [0.4, 0.5) is 17.1 Å². The Bertz CT molecular complexity index is 911. The van der Waals surface area contributed by atoms with Gasteiger partial charge in [0.2, 0.25) is 0 Å². The van der Waals surface area contributed by atoms with Crippen molar-refractivity contribution in [3.8, 4) is 11.5 Å². The fraction of sp³-hybridized carbons (Fsp3) is 0.143. The molecule has 0 saturated heterocycles. The monoisotopic (exact) mass is 363 g/mol. The molecule has 0 saturated carbocycles. The number of ether oxygens (including phenoxy) is 2. The van der Waals surface area contributed by atoms with Gasteiger partial charge in [0, 0.05) is 17.6 Å². The molecular formula is C21H21N3O3. The van der Waals surface area contributed by atoms with E-state index in [1.165, 1.54) is 0 Å². The smallest absolute Gasteiger partial charge is 0.274 e. The van der Waals surface area contributed by atoms with Gasteiger partial charge in [-0.1, -0.05) is 12.1 Å². The number of nitrogens with zero attached hydrogens (tertiary/aromatic N) is 1. The SMILES string of the molecule is CCOc1ccc(Nc2ccnc(C(=O)Nc3ccccc3OC)c2)cc1. The number of pyridine rings is 1. The van der Waals surface area contributed by atoms with Crippen LogP contribution in [0.5, 0.6) is 11.5 Å². The predicted molar refractivity (Wildman–Crippen MR) is 106 cm³/mol. The Labute approximate surface area is 158 Å². The summed E-state index contributed by atoms with van der Waals surface area (Å²) in [5.41, 5.74) is 2.55. The second-order valence-corrected chi connectivity index (χ2v) is 5.67. The molecule has 0 spiro atoms. The zero-order valence-corrected chi connectivity index (χ0v) is 15.2. The van der Waals surface area contributed by atoms with E-state index in [1.807, 2.05) is 43.3 Å². The van der Waals surface area contributed by atoms with Gasteiger partial charge < -0.3 is 20.1 Å². The third-order valence-corrected chi connectivity index (χ3v) is 3.80. The molecule has 0 radical (unpaired) electrons. The lowest BCUT2D eigenvalue weighted by Crippen LogP contribution is -2.14. The Morgan fingerprint density at radius 1 is 1.04 bits per heavy atom. The quantitative estimate of drug-likeness (QED) is 0.647. The van der Waals surface area contributed by atoms with Crippen molar-refractivity contribution in [2.75, 3.05) is 24.4 Å². The molecule has 2 aromatic carbocycles. The van der Waals surface area contributed by atoms with Crippen LogP contribution in [0.1, 0.15) is 17.4 Å². The number of aromatic nitrogens is 1. The zero-order chi connectivity index (χ0) is 19.1. The van der Waals surface area contributed by atoms with Gasteiger partial charge in [-0.05, 0) is 55.5 Å². The molecule has 0 atom stereocenters. The normalized spacial score (nSPS) is 10.1. The number of methoxy groups -OCH3 is 1. The largest absolute Gasteiger partial charge is 0.495 e. The minimum absolute atomic E-state index is 0.303. The maximum atomic E-state index is 12.5. The number of para-hydroxylation sites is 2. The summed E-state index contributed by atoms with van der Waals surface area (Å²) in [6, 6.07) is 18.3. The highest BCUT2D eigenvalue weighted by atomic mass is 16.5. The molecular weight excluding hydrogens is 342 g/mol. The summed E-state index contributed by atoms with van der Waals surface area (Å²) in [7, 11) is 1.56. The van der Waals surface area contributed by atoms with Crippen LogP contribution >= 0.6 is 0 Å². The van der Waals surface area contributed by atoms with Crippen LogP contribution in [0.2, 0.25) is 0 Å². The fourth-order valence-corrected chi connectivity index (χ4v) is 2.53. The first-order valence-electron chi connectivity index (χ1n) is 8.60. The van der Waals surface area contributed by atoms with Crippen molar-refractivity contribution >= 4 is 23.0 Å². The van der Waals surface area contributed by atoms with Crippen LogP contribution in [0, 0.1) is 0 Å². The molecule has 1 amide bonds. The van der Waals surface area contributed by atoms with Crippen LogP contribution in [0.3, 0.4) is 0 Å². The van der Waals surface area contributed by atoms with Crippen LogP contribution in [0.25, 0.3) is 0 Å². The summed E-state index contributed by atoms with van der Waals surface area (Å²) in [6.45, 7) is 2.57. The summed E-state index contributed by atoms with van der Waals surface area (Å²) in [5, 5.41) is 6.07. The van der Waals surface area contributed by atoms with Gasteiger partial charge in [-0.15, -0.1) is 0 Å². The Balaban J connectivity index is 1.72. The van der Waals surface area contributed by atoms with E-state index in [0.29, 0.717) is 23.7 Å². The van der Waals surface area contributed by atoms with E-state index < -0.39 is 0 Å². The Morgan fingerprint density at radius 2 is 1.81 bits per heavy atom. The van der Waals surface area contributed by atoms with Crippen LogP contribution in [-0.2, 0) is 0 Å². The van der Waals surface area contributed by atoms with Crippen molar-refractivity contribution in [1.82, 2.24) is 4.98 Å². The fourth-order valence-electron chi connectivity index (χ4n) is 2.53. The Morgan fingerprint density at radius 3 is 2.56 bits per heavy atom. The van der Waals surface area contributed by atoms with Gasteiger partial charge >= 0.3 is 0 Å². The second kappa shape index (κ2) is 8.71. The van der Waals surface area contributed by atoms with Crippen molar-refractivity contribution in [3.05, 3.63) is 72.6 Å². The highest BCUT2D eigenvalue weighted by Crippen LogP contribution is 2.24. The number of anilines is 3. The van der Waals surface area contributed by atoms with Gasteiger partial charge in [0.15, 0.2) is 0 Å². The van der Waals surface area contributed by atoms with Gasteiger partial charge in [0.25, 0.3) is 5.91 Å². The summed E-state index contributed by atoms with van der Waals surface area (Å²) < 4.78 is 10.7. The molecule has 0 aliphatic rings. The summed E-state index contributed by atoms with van der Waals surface area (Å²) >= 11 is 0. The van der Waals surface area contributed by atoms with Crippen molar-refractivity contribution in [2.45, 2.75) is 6.92 Å². The maximum absolute atomic E-state index is 12.5. The molecule has 0 unspecified atom stereocenters. The van der Waals surface area contributed by atoms with E-state index in [4.69, 9.17) is 9.47 Å². The van der Waals surface area contributed by atoms with Gasteiger partial charge in [0.1, 0.15) is 17.2 Å². The first-order chi connectivity index (χ1) is 13.2. The third kappa shape index (κ3) is 4.76. The molecule has 0 aliphatic heterocycles. The lowest BCUT2D eigenvalue weighted by molar-refractivity contribution is 0.102. The zero-order valence-electron chi connectivity index (χ0n) is 15.2. The standard InChI is InChI=1S/C21H21N3O3/c1-3-27-17-10-8-15(9-11-17)23-16-12-13-22-19(14-16)21(25)24-18-6-4-5-7-20(18)26-2/h4-14H,3H2,1-2H3,(H,22,23)(H,24,25). The lowest BCUT2D eigenvalue weighted by atomic mass is 10.2. The molecule has 3 rings (SSSR count). The van der Waals surface area contributed by atoms with Gasteiger partial charge in [-0.25, -0.2) is 0 Å². The van der Waals surface area contributed by atoms with Gasteiger partial charge in [-0.2, -0.15) is 0 Å². The molecule has 1 aromatic heterocycles. The molecule has 6 heteroatoms.